The summed E-state index contributed by atoms with van der Waals surface area (Å²) in [6.07, 6.45) is 8.51. The lowest BCUT2D eigenvalue weighted by Gasteiger charge is -2.38. The molecule has 0 heterocycles. The largest absolute Gasteiger partial charge is 0.345 e. The molecule has 132 valence electrons. The van der Waals surface area contributed by atoms with Gasteiger partial charge in [-0.2, -0.15) is 0 Å². The lowest BCUT2D eigenvalue weighted by atomic mass is 9.93. The molecule has 0 amide bonds. The number of rotatable bonds is 13. The first kappa shape index (κ1) is 20.1. The third-order valence-corrected chi connectivity index (χ3v) is 4.25. The van der Waals surface area contributed by atoms with Gasteiger partial charge in [0, 0.05) is 18.8 Å². The first-order chi connectivity index (χ1) is 11.2. The Labute approximate surface area is 142 Å². The van der Waals surface area contributed by atoms with Crippen LogP contribution in [0.1, 0.15) is 71.3 Å². The Kier molecular flexibility index (Phi) is 10.2. The highest BCUT2D eigenvalue weighted by Gasteiger charge is 2.40. The number of ether oxygens (including phenoxy) is 2. The van der Waals surface area contributed by atoms with Crippen molar-refractivity contribution in [3.8, 4) is 0 Å². The number of unbranched alkanes of at least 4 members (excludes halogenated alkanes) is 5. The summed E-state index contributed by atoms with van der Waals surface area (Å²) in [5, 5.41) is 0. The van der Waals surface area contributed by atoms with Crippen LogP contribution in [0.4, 0.5) is 0 Å². The molecule has 0 aliphatic carbocycles. The van der Waals surface area contributed by atoms with Gasteiger partial charge in [-0.05, 0) is 20.3 Å². The van der Waals surface area contributed by atoms with E-state index in [0.29, 0.717) is 13.2 Å². The minimum absolute atomic E-state index is 0.157. The van der Waals surface area contributed by atoms with E-state index in [9.17, 15) is 0 Å². The van der Waals surface area contributed by atoms with Crippen molar-refractivity contribution >= 4 is 0 Å². The Morgan fingerprint density at radius 2 is 1.43 bits per heavy atom. The van der Waals surface area contributed by atoms with Gasteiger partial charge in [0.25, 0.3) is 0 Å². The molecule has 2 N–H and O–H groups in total. The average Bonchev–Trinajstić information content (AvgIpc) is 2.58. The summed E-state index contributed by atoms with van der Waals surface area (Å²) in [6, 6.07) is 9.97. The van der Waals surface area contributed by atoms with Crippen molar-refractivity contribution in [3.63, 3.8) is 0 Å². The monoisotopic (exact) mass is 321 g/mol. The molecular weight excluding hydrogens is 286 g/mol. The number of nitrogens with two attached hydrogens (primary N) is 1. The number of benzene rings is 1. The second-order valence-corrected chi connectivity index (χ2v) is 6.06. The van der Waals surface area contributed by atoms with Gasteiger partial charge in [-0.3, -0.25) is 0 Å². The zero-order valence-electron chi connectivity index (χ0n) is 15.2. The summed E-state index contributed by atoms with van der Waals surface area (Å²) in [6.45, 7) is 7.40. The predicted molar refractivity (Wildman–Crippen MR) is 97.3 cm³/mol. The maximum atomic E-state index is 6.55. The lowest BCUT2D eigenvalue weighted by molar-refractivity contribution is -0.256. The van der Waals surface area contributed by atoms with Crippen LogP contribution in [-0.2, 0) is 15.3 Å². The van der Waals surface area contributed by atoms with Gasteiger partial charge < -0.3 is 15.2 Å². The van der Waals surface area contributed by atoms with Crippen LogP contribution in [0.5, 0.6) is 0 Å². The Balaban J connectivity index is 2.70. The third kappa shape index (κ3) is 6.25. The van der Waals surface area contributed by atoms with E-state index in [1.165, 1.54) is 32.1 Å². The summed E-state index contributed by atoms with van der Waals surface area (Å²) < 4.78 is 12.1. The summed E-state index contributed by atoms with van der Waals surface area (Å²) in [4.78, 5) is 0. The minimum Gasteiger partial charge on any atom is -0.345 e. The van der Waals surface area contributed by atoms with Crippen molar-refractivity contribution in [1.29, 1.82) is 0 Å². The Hall–Kier alpha value is -0.900. The van der Waals surface area contributed by atoms with Crippen LogP contribution >= 0.6 is 0 Å². The predicted octanol–water partition coefficient (Wildman–Crippen LogP) is 4.99. The quantitative estimate of drug-likeness (QED) is 0.411. The molecule has 0 saturated heterocycles. The Bertz CT molecular complexity index is 388. The molecule has 0 bridgehead atoms. The van der Waals surface area contributed by atoms with Crippen molar-refractivity contribution < 1.29 is 9.47 Å². The van der Waals surface area contributed by atoms with E-state index in [1.807, 2.05) is 44.2 Å². The molecular formula is C20H35NO2. The molecule has 0 aliphatic rings. The van der Waals surface area contributed by atoms with Crippen LogP contribution in [-0.4, -0.2) is 19.3 Å². The summed E-state index contributed by atoms with van der Waals surface area (Å²) in [5.41, 5.74) is 7.56. The van der Waals surface area contributed by atoms with Gasteiger partial charge in [0.15, 0.2) is 0 Å². The molecule has 0 spiro atoms. The fourth-order valence-corrected chi connectivity index (χ4v) is 3.07. The van der Waals surface area contributed by atoms with Crippen LogP contribution in [0, 0.1) is 0 Å². The van der Waals surface area contributed by atoms with E-state index in [2.05, 4.69) is 6.92 Å². The van der Waals surface area contributed by atoms with Gasteiger partial charge in [0.2, 0.25) is 5.79 Å². The second-order valence-electron chi connectivity index (χ2n) is 6.06. The Morgan fingerprint density at radius 1 is 0.870 bits per heavy atom. The maximum absolute atomic E-state index is 6.55. The van der Waals surface area contributed by atoms with Gasteiger partial charge >= 0.3 is 0 Å². The van der Waals surface area contributed by atoms with Crippen molar-refractivity contribution in [2.45, 2.75) is 77.5 Å². The molecule has 1 atom stereocenters. The normalized spacial score (nSPS) is 13.2. The zero-order valence-corrected chi connectivity index (χ0v) is 15.2. The van der Waals surface area contributed by atoms with Gasteiger partial charge in [-0.1, -0.05) is 75.8 Å². The van der Waals surface area contributed by atoms with Crippen molar-refractivity contribution in [3.05, 3.63) is 35.9 Å². The van der Waals surface area contributed by atoms with E-state index < -0.39 is 5.79 Å². The van der Waals surface area contributed by atoms with Gasteiger partial charge in [0.05, 0.1) is 6.04 Å². The van der Waals surface area contributed by atoms with Crippen LogP contribution in [0.3, 0.4) is 0 Å². The first-order valence-corrected chi connectivity index (χ1v) is 9.30. The average molecular weight is 322 g/mol. The number of hydrogen-bond acceptors (Lipinski definition) is 3. The molecule has 1 unspecified atom stereocenters. The van der Waals surface area contributed by atoms with Crippen LogP contribution < -0.4 is 5.73 Å². The third-order valence-electron chi connectivity index (χ3n) is 4.25. The summed E-state index contributed by atoms with van der Waals surface area (Å²) >= 11 is 0. The molecule has 23 heavy (non-hydrogen) atoms. The smallest absolute Gasteiger partial charge is 0.210 e. The molecule has 1 aromatic carbocycles. The van der Waals surface area contributed by atoms with Crippen molar-refractivity contribution in [2.24, 2.45) is 5.73 Å². The fourth-order valence-electron chi connectivity index (χ4n) is 3.07. The molecule has 0 radical (unpaired) electrons. The molecule has 0 aromatic heterocycles. The molecule has 0 fully saturated rings. The van der Waals surface area contributed by atoms with Crippen LogP contribution in [0.25, 0.3) is 0 Å². The van der Waals surface area contributed by atoms with Gasteiger partial charge in [-0.15, -0.1) is 0 Å². The van der Waals surface area contributed by atoms with E-state index in [4.69, 9.17) is 15.2 Å². The fraction of sp³-hybridized carbons (Fsp3) is 0.700. The van der Waals surface area contributed by atoms with Crippen molar-refractivity contribution in [2.75, 3.05) is 13.2 Å². The molecule has 3 heteroatoms. The second kappa shape index (κ2) is 11.6. The lowest BCUT2D eigenvalue weighted by Crippen LogP contribution is -2.49. The van der Waals surface area contributed by atoms with Crippen LogP contribution in [0.2, 0.25) is 0 Å². The van der Waals surface area contributed by atoms with E-state index >= 15 is 0 Å². The zero-order chi connectivity index (χ0) is 17.0. The van der Waals surface area contributed by atoms with Crippen molar-refractivity contribution in [1.82, 2.24) is 0 Å². The first-order valence-electron chi connectivity index (χ1n) is 9.30. The topological polar surface area (TPSA) is 44.5 Å². The van der Waals surface area contributed by atoms with Crippen LogP contribution in [0.15, 0.2) is 30.3 Å². The molecule has 0 aliphatic heterocycles. The highest BCUT2D eigenvalue weighted by molar-refractivity contribution is 5.22. The van der Waals surface area contributed by atoms with E-state index in [-0.39, 0.29) is 6.04 Å². The highest BCUT2D eigenvalue weighted by atomic mass is 16.7. The Morgan fingerprint density at radius 3 is 2.00 bits per heavy atom. The maximum Gasteiger partial charge on any atom is 0.210 e. The van der Waals surface area contributed by atoms with Gasteiger partial charge in [0.1, 0.15) is 0 Å². The molecule has 1 rings (SSSR count). The molecule has 0 saturated carbocycles. The van der Waals surface area contributed by atoms with E-state index in [0.717, 1.165) is 18.4 Å². The summed E-state index contributed by atoms with van der Waals surface area (Å²) in [5.74, 6) is -0.825. The number of hydrogen-bond donors (Lipinski definition) is 1. The molecule has 1 aromatic rings. The minimum atomic E-state index is -0.825. The standard InChI is InChI=1S/C20H35NO2/c1-4-7-8-9-10-14-17-19(21)20(22-5-2,23-6-3)18-15-12-11-13-16-18/h11-13,15-16,19H,4-10,14,17,21H2,1-3H3. The van der Waals surface area contributed by atoms with Gasteiger partial charge in [-0.25, -0.2) is 0 Å². The summed E-state index contributed by atoms with van der Waals surface area (Å²) in [7, 11) is 0. The highest BCUT2D eigenvalue weighted by Crippen LogP contribution is 2.32. The van der Waals surface area contributed by atoms with E-state index in [1.54, 1.807) is 0 Å². The SMILES string of the molecule is CCCCCCCCC(N)C(OCC)(OCC)c1ccccc1. The molecule has 3 nitrogen and oxygen atoms in total.